The van der Waals surface area contributed by atoms with Crippen molar-refractivity contribution in [1.29, 1.82) is 0 Å². The van der Waals surface area contributed by atoms with Crippen LogP contribution in [0.5, 0.6) is 5.75 Å². The van der Waals surface area contributed by atoms with Gasteiger partial charge >= 0.3 is 5.97 Å². The normalized spacial score (nSPS) is 10.3. The van der Waals surface area contributed by atoms with Gasteiger partial charge in [-0.3, -0.25) is 0 Å². The van der Waals surface area contributed by atoms with Crippen molar-refractivity contribution in [3.63, 3.8) is 0 Å². The molecule has 0 radical (unpaired) electrons. The van der Waals surface area contributed by atoms with E-state index in [9.17, 15) is 4.79 Å². The van der Waals surface area contributed by atoms with Crippen molar-refractivity contribution in [2.75, 3.05) is 14.2 Å². The number of benzene rings is 1. The van der Waals surface area contributed by atoms with E-state index in [4.69, 9.17) is 9.15 Å². The fourth-order valence-electron chi connectivity index (χ4n) is 2.05. The van der Waals surface area contributed by atoms with E-state index in [-0.39, 0.29) is 5.69 Å². The number of carbonyl (C=O) groups is 1. The fourth-order valence-corrected chi connectivity index (χ4v) is 2.05. The molecule has 0 saturated heterocycles. The molecule has 1 aromatic carbocycles. The number of oxazole rings is 1. The van der Waals surface area contributed by atoms with E-state index in [1.54, 1.807) is 31.5 Å². The van der Waals surface area contributed by atoms with Gasteiger partial charge in [-0.1, -0.05) is 6.07 Å². The van der Waals surface area contributed by atoms with Crippen molar-refractivity contribution in [2.45, 2.75) is 0 Å². The zero-order chi connectivity index (χ0) is 16.2. The van der Waals surface area contributed by atoms with Crippen LogP contribution in [-0.4, -0.2) is 30.2 Å². The van der Waals surface area contributed by atoms with Gasteiger partial charge < -0.3 is 13.9 Å². The third kappa shape index (κ3) is 3.06. The number of carbonyl (C=O) groups excluding carboxylic acids is 1. The summed E-state index contributed by atoms with van der Waals surface area (Å²) in [6.45, 7) is 0. The summed E-state index contributed by atoms with van der Waals surface area (Å²) in [6, 6.07) is 12.4. The molecule has 6 nitrogen and oxygen atoms in total. The minimum Gasteiger partial charge on any atom is -0.497 e. The van der Waals surface area contributed by atoms with Crippen molar-refractivity contribution in [3.8, 4) is 28.7 Å². The second-order valence-corrected chi connectivity index (χ2v) is 4.66. The maximum Gasteiger partial charge on any atom is 0.356 e. The molecule has 0 atom stereocenters. The van der Waals surface area contributed by atoms with Gasteiger partial charge in [0.15, 0.2) is 5.76 Å². The zero-order valence-corrected chi connectivity index (χ0v) is 12.6. The van der Waals surface area contributed by atoms with Crippen LogP contribution in [0.3, 0.4) is 0 Å². The number of hydrogen-bond donors (Lipinski definition) is 0. The number of aromatic nitrogens is 2. The highest BCUT2D eigenvalue weighted by Crippen LogP contribution is 2.26. The number of ether oxygens (including phenoxy) is 2. The predicted octanol–water partition coefficient (Wildman–Crippen LogP) is 3.20. The molecule has 0 aliphatic rings. The smallest absolute Gasteiger partial charge is 0.356 e. The molecule has 23 heavy (non-hydrogen) atoms. The largest absolute Gasteiger partial charge is 0.497 e. The first-order valence-electron chi connectivity index (χ1n) is 6.87. The van der Waals surface area contributed by atoms with Crippen molar-refractivity contribution in [2.24, 2.45) is 0 Å². The SMILES string of the molecule is COC(=O)c1cccc(-c2ncc(-c3ccc(OC)cc3)o2)n1. The summed E-state index contributed by atoms with van der Waals surface area (Å²) in [6.07, 6.45) is 1.61. The third-order valence-electron chi connectivity index (χ3n) is 3.24. The van der Waals surface area contributed by atoms with Crippen LogP contribution < -0.4 is 4.74 Å². The Morgan fingerprint density at radius 2 is 1.87 bits per heavy atom. The fraction of sp³-hybridized carbons (Fsp3) is 0.118. The van der Waals surface area contributed by atoms with E-state index >= 15 is 0 Å². The van der Waals surface area contributed by atoms with Crippen molar-refractivity contribution < 1.29 is 18.7 Å². The molecule has 2 aromatic heterocycles. The Labute approximate surface area is 132 Å². The molecule has 0 spiro atoms. The molecular formula is C17H14N2O4. The van der Waals surface area contributed by atoms with Gasteiger partial charge in [-0.25, -0.2) is 14.8 Å². The Morgan fingerprint density at radius 1 is 1.09 bits per heavy atom. The van der Waals surface area contributed by atoms with Crippen LogP contribution in [0.1, 0.15) is 10.5 Å². The Hall–Kier alpha value is -3.15. The maximum atomic E-state index is 11.5. The summed E-state index contributed by atoms with van der Waals surface area (Å²) in [5.41, 5.74) is 1.54. The average Bonchev–Trinajstić information content (AvgIpc) is 3.11. The summed E-state index contributed by atoms with van der Waals surface area (Å²) in [5.74, 6) is 1.20. The van der Waals surface area contributed by atoms with Gasteiger partial charge in [0.25, 0.3) is 0 Å². The predicted molar refractivity (Wildman–Crippen MR) is 83.1 cm³/mol. The van der Waals surface area contributed by atoms with Crippen molar-refractivity contribution >= 4 is 5.97 Å². The first-order valence-corrected chi connectivity index (χ1v) is 6.87. The Morgan fingerprint density at radius 3 is 2.57 bits per heavy atom. The summed E-state index contributed by atoms with van der Waals surface area (Å²) in [4.78, 5) is 20.0. The Kier molecular flexibility index (Phi) is 4.05. The molecule has 0 fully saturated rings. The molecule has 0 aliphatic carbocycles. The number of esters is 1. The first-order chi connectivity index (χ1) is 11.2. The van der Waals surface area contributed by atoms with Gasteiger partial charge in [-0.2, -0.15) is 0 Å². The molecule has 2 heterocycles. The van der Waals surface area contributed by atoms with E-state index in [0.717, 1.165) is 11.3 Å². The standard InChI is InChI=1S/C17H14N2O4/c1-21-12-8-6-11(7-9-12)15-10-18-16(23-15)13-4-3-5-14(19-13)17(20)22-2/h3-10H,1-2H3. The molecule has 3 aromatic rings. The second-order valence-electron chi connectivity index (χ2n) is 4.66. The molecule has 0 unspecified atom stereocenters. The summed E-state index contributed by atoms with van der Waals surface area (Å²) in [7, 11) is 2.92. The Bertz CT molecular complexity index is 825. The lowest BCUT2D eigenvalue weighted by molar-refractivity contribution is 0.0594. The minimum atomic E-state index is -0.506. The summed E-state index contributed by atoms with van der Waals surface area (Å²) >= 11 is 0. The van der Waals surface area contributed by atoms with Crippen molar-refractivity contribution in [3.05, 3.63) is 54.4 Å². The van der Waals surface area contributed by atoms with E-state index < -0.39 is 5.97 Å². The molecule has 0 saturated carbocycles. The average molecular weight is 310 g/mol. The van der Waals surface area contributed by atoms with E-state index in [2.05, 4.69) is 14.7 Å². The second kappa shape index (κ2) is 6.31. The molecule has 0 amide bonds. The van der Waals surface area contributed by atoms with Crippen LogP contribution in [0.2, 0.25) is 0 Å². The van der Waals surface area contributed by atoms with Gasteiger partial charge in [0, 0.05) is 5.56 Å². The molecule has 0 N–H and O–H groups in total. The van der Waals surface area contributed by atoms with Crippen LogP contribution in [0, 0.1) is 0 Å². The maximum absolute atomic E-state index is 11.5. The lowest BCUT2D eigenvalue weighted by Gasteiger charge is -2.01. The van der Waals surface area contributed by atoms with Crippen LogP contribution in [-0.2, 0) is 4.74 Å². The molecule has 116 valence electrons. The monoisotopic (exact) mass is 310 g/mol. The van der Waals surface area contributed by atoms with Gasteiger partial charge in [0.05, 0.1) is 20.4 Å². The first kappa shape index (κ1) is 14.8. The van der Waals surface area contributed by atoms with Crippen molar-refractivity contribution in [1.82, 2.24) is 9.97 Å². The lowest BCUT2D eigenvalue weighted by atomic mass is 10.2. The van der Waals surface area contributed by atoms with Gasteiger partial charge in [-0.05, 0) is 36.4 Å². The van der Waals surface area contributed by atoms with Crippen LogP contribution in [0.15, 0.2) is 53.1 Å². The molecular weight excluding hydrogens is 296 g/mol. The van der Waals surface area contributed by atoms with Gasteiger partial charge in [0.1, 0.15) is 17.1 Å². The van der Waals surface area contributed by atoms with Crippen LogP contribution in [0.25, 0.3) is 22.9 Å². The number of pyridine rings is 1. The molecule has 0 aliphatic heterocycles. The number of rotatable bonds is 4. The Balaban J connectivity index is 1.90. The van der Waals surface area contributed by atoms with Crippen LogP contribution in [0.4, 0.5) is 0 Å². The van der Waals surface area contributed by atoms with Crippen LogP contribution >= 0.6 is 0 Å². The quantitative estimate of drug-likeness (QED) is 0.689. The topological polar surface area (TPSA) is 74.5 Å². The molecule has 3 rings (SSSR count). The van der Waals surface area contributed by atoms with E-state index in [1.165, 1.54) is 7.11 Å². The van der Waals surface area contributed by atoms with E-state index in [0.29, 0.717) is 17.3 Å². The number of hydrogen-bond acceptors (Lipinski definition) is 6. The number of methoxy groups -OCH3 is 2. The minimum absolute atomic E-state index is 0.203. The zero-order valence-electron chi connectivity index (χ0n) is 12.6. The highest BCUT2D eigenvalue weighted by Gasteiger charge is 2.13. The lowest BCUT2D eigenvalue weighted by Crippen LogP contribution is -2.04. The summed E-state index contributed by atoms with van der Waals surface area (Å²) < 4.78 is 15.5. The molecule has 0 bridgehead atoms. The third-order valence-corrected chi connectivity index (χ3v) is 3.24. The number of nitrogens with zero attached hydrogens (tertiary/aromatic N) is 2. The van der Waals surface area contributed by atoms with E-state index in [1.807, 2.05) is 24.3 Å². The van der Waals surface area contributed by atoms with Gasteiger partial charge in [0.2, 0.25) is 5.89 Å². The molecule has 6 heteroatoms. The highest BCUT2D eigenvalue weighted by molar-refractivity contribution is 5.87. The highest BCUT2D eigenvalue weighted by atomic mass is 16.5. The summed E-state index contributed by atoms with van der Waals surface area (Å²) in [5, 5.41) is 0. The van der Waals surface area contributed by atoms with Gasteiger partial charge in [-0.15, -0.1) is 0 Å².